The molecular formula is C17H14N2O2. The molecule has 0 bridgehead atoms. The van der Waals surface area contributed by atoms with Crippen molar-refractivity contribution < 1.29 is 9.53 Å². The van der Waals surface area contributed by atoms with E-state index in [4.69, 9.17) is 4.74 Å². The van der Waals surface area contributed by atoms with Crippen LogP contribution in [0.25, 0.3) is 11.0 Å². The van der Waals surface area contributed by atoms with Crippen LogP contribution in [0.2, 0.25) is 0 Å². The Hall–Kier alpha value is -2.75. The number of rotatable bonds is 4. The highest BCUT2D eigenvalue weighted by molar-refractivity contribution is 6.10. The first kappa shape index (κ1) is 13.2. The number of hydrogen-bond acceptors (Lipinski definition) is 4. The zero-order valence-electron chi connectivity index (χ0n) is 11.6. The van der Waals surface area contributed by atoms with Gasteiger partial charge in [-0.15, -0.1) is 0 Å². The van der Waals surface area contributed by atoms with Gasteiger partial charge < -0.3 is 4.74 Å². The van der Waals surface area contributed by atoms with E-state index in [1.165, 1.54) is 0 Å². The van der Waals surface area contributed by atoms with E-state index in [2.05, 4.69) is 9.97 Å². The molecule has 0 saturated carbocycles. The average molecular weight is 278 g/mol. The monoisotopic (exact) mass is 278 g/mol. The van der Waals surface area contributed by atoms with E-state index >= 15 is 0 Å². The van der Waals surface area contributed by atoms with Gasteiger partial charge in [-0.3, -0.25) is 14.8 Å². The van der Waals surface area contributed by atoms with Gasteiger partial charge in [-0.25, -0.2) is 0 Å². The van der Waals surface area contributed by atoms with Crippen molar-refractivity contribution in [1.29, 1.82) is 0 Å². The van der Waals surface area contributed by atoms with Crippen LogP contribution in [-0.4, -0.2) is 22.4 Å². The van der Waals surface area contributed by atoms with Crippen LogP contribution >= 0.6 is 0 Å². The maximum absolute atomic E-state index is 12.5. The summed E-state index contributed by atoms with van der Waals surface area (Å²) in [6, 6.07) is 12.5. The summed E-state index contributed by atoms with van der Waals surface area (Å²) < 4.78 is 5.43. The first-order valence-corrected chi connectivity index (χ1v) is 6.76. The van der Waals surface area contributed by atoms with Crippen LogP contribution in [0.5, 0.6) is 5.75 Å². The van der Waals surface area contributed by atoms with Crippen molar-refractivity contribution in [2.75, 3.05) is 6.61 Å². The number of ether oxygens (including phenoxy) is 1. The second kappa shape index (κ2) is 5.71. The third-order valence-corrected chi connectivity index (χ3v) is 3.14. The maximum atomic E-state index is 12.5. The fourth-order valence-electron chi connectivity index (χ4n) is 2.16. The molecule has 0 spiro atoms. The maximum Gasteiger partial charge on any atom is 0.193 e. The molecule has 0 saturated heterocycles. The van der Waals surface area contributed by atoms with Crippen LogP contribution in [0.15, 0.2) is 54.9 Å². The fraction of sp³-hybridized carbons (Fsp3) is 0.118. The lowest BCUT2D eigenvalue weighted by molar-refractivity contribution is 0.103. The molecule has 3 aromatic rings. The third-order valence-electron chi connectivity index (χ3n) is 3.14. The molecule has 2 aromatic carbocycles. The molecule has 1 heterocycles. The molecule has 0 amide bonds. The van der Waals surface area contributed by atoms with Crippen molar-refractivity contribution in [3.63, 3.8) is 0 Å². The molecule has 4 nitrogen and oxygen atoms in total. The first-order chi connectivity index (χ1) is 10.3. The first-order valence-electron chi connectivity index (χ1n) is 6.76. The van der Waals surface area contributed by atoms with Crippen molar-refractivity contribution in [1.82, 2.24) is 9.97 Å². The Kier molecular flexibility index (Phi) is 3.60. The summed E-state index contributed by atoms with van der Waals surface area (Å²) in [4.78, 5) is 21.0. The fourth-order valence-corrected chi connectivity index (χ4v) is 2.16. The highest BCUT2D eigenvalue weighted by atomic mass is 16.5. The third kappa shape index (κ3) is 2.74. The Labute approximate surface area is 122 Å². The van der Waals surface area contributed by atoms with E-state index in [0.717, 1.165) is 5.52 Å². The van der Waals surface area contributed by atoms with Crippen LogP contribution in [-0.2, 0) is 0 Å². The molecule has 0 aliphatic carbocycles. The molecule has 0 aliphatic rings. The van der Waals surface area contributed by atoms with E-state index in [9.17, 15) is 4.79 Å². The van der Waals surface area contributed by atoms with Crippen LogP contribution < -0.4 is 4.74 Å². The van der Waals surface area contributed by atoms with Gasteiger partial charge in [0.1, 0.15) is 5.75 Å². The molecule has 21 heavy (non-hydrogen) atoms. The van der Waals surface area contributed by atoms with Crippen molar-refractivity contribution in [2.24, 2.45) is 0 Å². The lowest BCUT2D eigenvalue weighted by atomic mass is 10.0. The number of nitrogens with zero attached hydrogens (tertiary/aromatic N) is 2. The highest BCUT2D eigenvalue weighted by Crippen LogP contribution is 2.18. The number of aromatic nitrogens is 2. The minimum Gasteiger partial charge on any atom is -0.494 e. The second-order valence-electron chi connectivity index (χ2n) is 4.55. The van der Waals surface area contributed by atoms with Crippen molar-refractivity contribution in [3.05, 3.63) is 66.0 Å². The summed E-state index contributed by atoms with van der Waals surface area (Å²) in [7, 11) is 0. The van der Waals surface area contributed by atoms with Gasteiger partial charge in [0.25, 0.3) is 0 Å². The molecule has 0 fully saturated rings. The number of carbonyl (C=O) groups is 1. The average Bonchev–Trinajstić information content (AvgIpc) is 2.54. The van der Waals surface area contributed by atoms with E-state index < -0.39 is 0 Å². The van der Waals surface area contributed by atoms with Crippen LogP contribution in [0, 0.1) is 0 Å². The Morgan fingerprint density at radius 3 is 2.57 bits per heavy atom. The van der Waals surface area contributed by atoms with E-state index in [1.807, 2.05) is 25.1 Å². The van der Waals surface area contributed by atoms with Gasteiger partial charge in [-0.05, 0) is 37.3 Å². The largest absolute Gasteiger partial charge is 0.494 e. The van der Waals surface area contributed by atoms with Crippen molar-refractivity contribution in [3.8, 4) is 5.75 Å². The van der Waals surface area contributed by atoms with Crippen molar-refractivity contribution in [2.45, 2.75) is 6.92 Å². The van der Waals surface area contributed by atoms with Crippen LogP contribution in [0.3, 0.4) is 0 Å². The van der Waals surface area contributed by atoms with Crippen LogP contribution in [0.1, 0.15) is 22.8 Å². The number of benzene rings is 2. The molecule has 0 N–H and O–H groups in total. The SMILES string of the molecule is CCOc1cccc(C(=O)c2ccc3nccnc3c2)c1. The summed E-state index contributed by atoms with van der Waals surface area (Å²) in [5, 5.41) is 0. The molecule has 1 aromatic heterocycles. The summed E-state index contributed by atoms with van der Waals surface area (Å²) in [5.74, 6) is 0.646. The van der Waals surface area contributed by atoms with Gasteiger partial charge in [-0.1, -0.05) is 12.1 Å². The van der Waals surface area contributed by atoms with Crippen LogP contribution in [0.4, 0.5) is 0 Å². The minimum atomic E-state index is -0.0518. The van der Waals surface area contributed by atoms with E-state index in [-0.39, 0.29) is 5.78 Å². The molecular weight excluding hydrogens is 264 g/mol. The smallest absolute Gasteiger partial charge is 0.193 e. The van der Waals surface area contributed by atoms with Gasteiger partial charge in [0.15, 0.2) is 5.78 Å². The molecule has 0 aliphatic heterocycles. The number of fused-ring (bicyclic) bond motifs is 1. The topological polar surface area (TPSA) is 52.1 Å². The lowest BCUT2D eigenvalue weighted by Gasteiger charge is -2.06. The van der Waals surface area contributed by atoms with E-state index in [1.54, 1.807) is 36.7 Å². The molecule has 0 radical (unpaired) electrons. The summed E-state index contributed by atoms with van der Waals surface area (Å²) in [6.45, 7) is 2.49. The summed E-state index contributed by atoms with van der Waals surface area (Å²) in [6.07, 6.45) is 3.25. The number of ketones is 1. The van der Waals surface area contributed by atoms with E-state index in [0.29, 0.717) is 29.0 Å². The Morgan fingerprint density at radius 1 is 1.00 bits per heavy atom. The molecule has 104 valence electrons. The summed E-state index contributed by atoms with van der Waals surface area (Å²) in [5.41, 5.74) is 2.68. The van der Waals surface area contributed by atoms with Gasteiger partial charge >= 0.3 is 0 Å². The number of carbonyl (C=O) groups excluding carboxylic acids is 1. The Morgan fingerprint density at radius 2 is 1.76 bits per heavy atom. The highest BCUT2D eigenvalue weighted by Gasteiger charge is 2.11. The van der Waals surface area contributed by atoms with Gasteiger partial charge in [-0.2, -0.15) is 0 Å². The second-order valence-corrected chi connectivity index (χ2v) is 4.55. The molecule has 3 rings (SSSR count). The quantitative estimate of drug-likeness (QED) is 0.687. The summed E-state index contributed by atoms with van der Waals surface area (Å²) >= 11 is 0. The zero-order chi connectivity index (χ0) is 14.7. The predicted octanol–water partition coefficient (Wildman–Crippen LogP) is 3.26. The zero-order valence-corrected chi connectivity index (χ0v) is 11.6. The Balaban J connectivity index is 1.97. The predicted molar refractivity (Wildman–Crippen MR) is 80.6 cm³/mol. The van der Waals surface area contributed by atoms with Gasteiger partial charge in [0.05, 0.1) is 17.6 Å². The normalized spacial score (nSPS) is 10.5. The van der Waals surface area contributed by atoms with Gasteiger partial charge in [0, 0.05) is 23.5 Å². The molecule has 0 unspecified atom stereocenters. The van der Waals surface area contributed by atoms with Crippen molar-refractivity contribution >= 4 is 16.8 Å². The van der Waals surface area contributed by atoms with Gasteiger partial charge in [0.2, 0.25) is 0 Å². The molecule has 0 atom stereocenters. The lowest BCUT2D eigenvalue weighted by Crippen LogP contribution is -2.02. The minimum absolute atomic E-state index is 0.0518. The number of hydrogen-bond donors (Lipinski definition) is 0. The molecule has 4 heteroatoms. The standard InChI is InChI=1S/C17H14N2O2/c1-2-21-14-5-3-4-12(10-14)17(20)13-6-7-15-16(11-13)19-9-8-18-15/h3-11H,2H2,1H3. The Bertz CT molecular complexity index is 799.